The van der Waals surface area contributed by atoms with Gasteiger partial charge in [0.15, 0.2) is 0 Å². The third-order valence-corrected chi connectivity index (χ3v) is 3.40. The van der Waals surface area contributed by atoms with Gasteiger partial charge in [-0.1, -0.05) is 30.3 Å². The highest BCUT2D eigenvalue weighted by molar-refractivity contribution is 6.02. The zero-order valence-electron chi connectivity index (χ0n) is 13.5. The molecule has 126 valence electrons. The Morgan fingerprint density at radius 2 is 1.96 bits per heavy atom. The maximum atomic E-state index is 12.1. The topological polar surface area (TPSA) is 139 Å². The number of nitrogen functional groups attached to an aromatic ring is 2. The van der Waals surface area contributed by atoms with Crippen molar-refractivity contribution >= 4 is 29.3 Å². The molecular weight excluding hydrogens is 308 g/mol. The Hall–Kier alpha value is -3.29. The van der Waals surface area contributed by atoms with Crippen molar-refractivity contribution in [2.75, 3.05) is 23.9 Å². The van der Waals surface area contributed by atoms with E-state index in [9.17, 15) is 4.79 Å². The standard InChI is InChI=1S/C16H20N6O2/c1-9(10-6-4-3-5-7-10)20-16(23)22-12-8-11(17)13(14(18)21-12)15(19)24-2/h3-9,19H,1-2H3,(H6,17,18,20,21,22,23)/t9-/m1/s1. The maximum Gasteiger partial charge on any atom is 0.320 e. The number of rotatable bonds is 4. The number of aromatic nitrogens is 1. The molecule has 0 bridgehead atoms. The van der Waals surface area contributed by atoms with Crippen molar-refractivity contribution in [3.05, 3.63) is 47.5 Å². The van der Waals surface area contributed by atoms with Crippen LogP contribution in [0.4, 0.5) is 22.1 Å². The normalized spacial score (nSPS) is 11.4. The summed E-state index contributed by atoms with van der Waals surface area (Å²) in [6, 6.07) is 10.4. The average Bonchev–Trinajstić information content (AvgIpc) is 2.54. The largest absolute Gasteiger partial charge is 0.481 e. The molecule has 1 atom stereocenters. The van der Waals surface area contributed by atoms with E-state index in [1.165, 1.54) is 13.2 Å². The van der Waals surface area contributed by atoms with Crippen molar-refractivity contribution in [1.82, 2.24) is 10.3 Å². The summed E-state index contributed by atoms with van der Waals surface area (Å²) in [6.07, 6.45) is 0. The molecule has 0 aliphatic carbocycles. The lowest BCUT2D eigenvalue weighted by Gasteiger charge is -2.16. The Labute approximate surface area is 139 Å². The lowest BCUT2D eigenvalue weighted by molar-refractivity contribution is 0.249. The average molecular weight is 328 g/mol. The van der Waals surface area contributed by atoms with Gasteiger partial charge in [-0.3, -0.25) is 10.7 Å². The number of ether oxygens (including phenoxy) is 1. The molecule has 1 aromatic heterocycles. The fourth-order valence-electron chi connectivity index (χ4n) is 2.17. The van der Waals surface area contributed by atoms with Crippen molar-refractivity contribution in [3.63, 3.8) is 0 Å². The molecule has 1 heterocycles. The number of benzene rings is 1. The number of anilines is 3. The molecule has 0 spiro atoms. The molecule has 0 aliphatic rings. The summed E-state index contributed by atoms with van der Waals surface area (Å²) in [5, 5.41) is 13.0. The lowest BCUT2D eigenvalue weighted by atomic mass is 10.1. The molecule has 0 fully saturated rings. The number of carbonyl (C=O) groups is 1. The van der Waals surface area contributed by atoms with E-state index in [0.29, 0.717) is 0 Å². The number of pyridine rings is 1. The number of methoxy groups -OCH3 is 1. The van der Waals surface area contributed by atoms with Crippen LogP contribution >= 0.6 is 0 Å². The molecule has 2 aromatic rings. The summed E-state index contributed by atoms with van der Waals surface area (Å²) in [5.41, 5.74) is 13.0. The quantitative estimate of drug-likeness (QED) is 0.432. The van der Waals surface area contributed by atoms with Crippen LogP contribution in [0.15, 0.2) is 36.4 Å². The van der Waals surface area contributed by atoms with E-state index in [2.05, 4.69) is 15.6 Å². The molecule has 2 rings (SSSR count). The van der Waals surface area contributed by atoms with Gasteiger partial charge >= 0.3 is 6.03 Å². The van der Waals surface area contributed by atoms with E-state index in [1.54, 1.807) is 0 Å². The first-order valence-electron chi connectivity index (χ1n) is 7.23. The molecule has 1 aromatic carbocycles. The van der Waals surface area contributed by atoms with Gasteiger partial charge in [0.1, 0.15) is 17.2 Å². The van der Waals surface area contributed by atoms with Crippen LogP contribution < -0.4 is 22.1 Å². The maximum absolute atomic E-state index is 12.1. The Morgan fingerprint density at radius 3 is 2.54 bits per heavy atom. The second kappa shape index (κ2) is 7.32. The summed E-state index contributed by atoms with van der Waals surface area (Å²) in [7, 11) is 1.34. The summed E-state index contributed by atoms with van der Waals surface area (Å²) < 4.78 is 4.80. The molecule has 0 radical (unpaired) electrons. The van der Waals surface area contributed by atoms with Gasteiger partial charge in [-0.05, 0) is 12.5 Å². The van der Waals surface area contributed by atoms with Gasteiger partial charge in [0.05, 0.1) is 18.8 Å². The minimum Gasteiger partial charge on any atom is -0.481 e. The number of amides is 2. The highest BCUT2D eigenvalue weighted by Crippen LogP contribution is 2.22. The predicted molar refractivity (Wildman–Crippen MR) is 93.9 cm³/mol. The highest BCUT2D eigenvalue weighted by atomic mass is 16.5. The summed E-state index contributed by atoms with van der Waals surface area (Å²) in [6.45, 7) is 1.87. The van der Waals surface area contributed by atoms with Gasteiger partial charge in [-0.2, -0.15) is 0 Å². The number of urea groups is 1. The molecule has 2 amide bonds. The van der Waals surface area contributed by atoms with Gasteiger partial charge in [0.2, 0.25) is 5.90 Å². The van der Waals surface area contributed by atoms with E-state index >= 15 is 0 Å². The summed E-state index contributed by atoms with van der Waals surface area (Å²) >= 11 is 0. The summed E-state index contributed by atoms with van der Waals surface area (Å²) in [4.78, 5) is 16.1. The fraction of sp³-hybridized carbons (Fsp3) is 0.188. The van der Waals surface area contributed by atoms with E-state index < -0.39 is 6.03 Å². The molecule has 8 nitrogen and oxygen atoms in total. The second-order valence-electron chi connectivity index (χ2n) is 5.12. The zero-order valence-corrected chi connectivity index (χ0v) is 13.5. The number of carbonyl (C=O) groups excluding carboxylic acids is 1. The molecule has 0 saturated carbocycles. The highest BCUT2D eigenvalue weighted by Gasteiger charge is 2.15. The number of hydrogen-bond acceptors (Lipinski definition) is 6. The van der Waals surface area contributed by atoms with E-state index in [-0.39, 0.29) is 34.8 Å². The third-order valence-electron chi connectivity index (χ3n) is 3.40. The Balaban J connectivity index is 2.08. The van der Waals surface area contributed by atoms with Crippen molar-refractivity contribution in [2.24, 2.45) is 0 Å². The molecule has 7 N–H and O–H groups in total. The van der Waals surface area contributed by atoms with Gasteiger partial charge in [0.25, 0.3) is 0 Å². The smallest absolute Gasteiger partial charge is 0.320 e. The van der Waals surface area contributed by atoms with E-state index in [0.717, 1.165) is 5.56 Å². The van der Waals surface area contributed by atoms with E-state index in [4.69, 9.17) is 21.6 Å². The van der Waals surface area contributed by atoms with E-state index in [1.807, 2.05) is 37.3 Å². The monoisotopic (exact) mass is 328 g/mol. The Kier molecular flexibility index (Phi) is 5.20. The van der Waals surface area contributed by atoms with Gasteiger partial charge in [-0.15, -0.1) is 0 Å². The van der Waals surface area contributed by atoms with Crippen LogP contribution in [-0.4, -0.2) is 24.0 Å². The molecule has 8 heteroatoms. The first kappa shape index (κ1) is 17.1. The van der Waals surface area contributed by atoms with Crippen molar-refractivity contribution in [3.8, 4) is 0 Å². The minimum atomic E-state index is -0.438. The van der Waals surface area contributed by atoms with Crippen LogP contribution in [-0.2, 0) is 4.74 Å². The second-order valence-corrected chi connectivity index (χ2v) is 5.12. The van der Waals surface area contributed by atoms with Crippen molar-refractivity contribution in [2.45, 2.75) is 13.0 Å². The fourth-order valence-corrected chi connectivity index (χ4v) is 2.17. The predicted octanol–water partition coefficient (Wildman–Crippen LogP) is 2.10. The number of nitrogens with one attached hydrogen (secondary N) is 3. The SMILES string of the molecule is COC(=N)c1c(N)cc(NC(=O)N[C@H](C)c2ccccc2)nc1N. The number of hydrogen-bond donors (Lipinski definition) is 5. The zero-order chi connectivity index (χ0) is 17.7. The van der Waals surface area contributed by atoms with Crippen LogP contribution in [0.1, 0.15) is 24.1 Å². The number of nitrogens with zero attached hydrogens (tertiary/aromatic N) is 1. The van der Waals surface area contributed by atoms with Crippen LogP contribution in [0.3, 0.4) is 0 Å². The molecule has 0 saturated heterocycles. The third kappa shape index (κ3) is 3.92. The van der Waals surface area contributed by atoms with Crippen LogP contribution in [0.2, 0.25) is 0 Å². The van der Waals surface area contributed by atoms with Crippen molar-refractivity contribution in [1.29, 1.82) is 5.41 Å². The Bertz CT molecular complexity index is 724. The van der Waals surface area contributed by atoms with Crippen LogP contribution in [0.25, 0.3) is 0 Å². The summed E-state index contributed by atoms with van der Waals surface area (Å²) in [5.74, 6) is 0.00914. The molecule has 0 unspecified atom stereocenters. The molecular formula is C16H20N6O2. The van der Waals surface area contributed by atoms with Gasteiger partial charge < -0.3 is 21.5 Å². The Morgan fingerprint density at radius 1 is 1.29 bits per heavy atom. The van der Waals surface area contributed by atoms with Crippen molar-refractivity contribution < 1.29 is 9.53 Å². The van der Waals surface area contributed by atoms with Crippen LogP contribution in [0.5, 0.6) is 0 Å². The minimum absolute atomic E-state index is 0.00765. The van der Waals surface area contributed by atoms with Gasteiger partial charge in [0, 0.05) is 6.07 Å². The first-order valence-corrected chi connectivity index (χ1v) is 7.23. The molecule has 0 aliphatic heterocycles. The van der Waals surface area contributed by atoms with Crippen LogP contribution in [0, 0.1) is 5.41 Å². The lowest BCUT2D eigenvalue weighted by Crippen LogP contribution is -2.31. The van der Waals surface area contributed by atoms with Gasteiger partial charge in [-0.25, -0.2) is 9.78 Å². The molecule has 24 heavy (non-hydrogen) atoms. The number of nitrogens with two attached hydrogens (primary N) is 2. The first-order chi connectivity index (χ1) is 11.4.